The fourth-order valence-corrected chi connectivity index (χ4v) is 2.48. The first-order valence-corrected chi connectivity index (χ1v) is 7.87. The number of methoxy groups -OCH3 is 1. The van der Waals surface area contributed by atoms with E-state index in [1.807, 2.05) is 19.9 Å². The Labute approximate surface area is 128 Å². The Morgan fingerprint density at radius 3 is 2.19 bits per heavy atom. The summed E-state index contributed by atoms with van der Waals surface area (Å²) in [6.45, 7) is 10.3. The molecule has 4 heteroatoms. The molecule has 1 aromatic rings. The summed E-state index contributed by atoms with van der Waals surface area (Å²) in [5.41, 5.74) is 1.16. The normalized spacial score (nSPS) is 13.8. The molecule has 1 N–H and O–H groups in total. The van der Waals surface area contributed by atoms with Crippen molar-refractivity contribution in [3.63, 3.8) is 0 Å². The molecule has 0 bridgehead atoms. The molecule has 0 aliphatic rings. The molecular weight excluding hydrogens is 266 g/mol. The molecule has 0 spiro atoms. The van der Waals surface area contributed by atoms with Gasteiger partial charge in [0.05, 0.1) is 25.4 Å². The maximum absolute atomic E-state index is 5.71. The molecule has 0 aromatic heterocycles. The molecule has 0 saturated carbocycles. The molecule has 1 rings (SSSR count). The molecule has 0 fully saturated rings. The highest BCUT2D eigenvalue weighted by Gasteiger charge is 2.22. The van der Waals surface area contributed by atoms with Crippen LogP contribution in [0.2, 0.25) is 0 Å². The standard InChI is InChI=1S/C17H29NO3/c1-6-14(19-5)17(18-7-2)13-10-11-15(20-8-3)16(12-13)21-9-4/h10-12,14,17-18H,6-9H2,1-5H3. The number of hydrogen-bond acceptors (Lipinski definition) is 4. The van der Waals surface area contributed by atoms with Crippen LogP contribution in [0.3, 0.4) is 0 Å². The summed E-state index contributed by atoms with van der Waals surface area (Å²) in [5, 5.41) is 3.50. The van der Waals surface area contributed by atoms with Crippen LogP contribution < -0.4 is 14.8 Å². The van der Waals surface area contributed by atoms with E-state index in [2.05, 4.69) is 31.3 Å². The number of hydrogen-bond donors (Lipinski definition) is 1. The van der Waals surface area contributed by atoms with Gasteiger partial charge in [-0.1, -0.05) is 19.9 Å². The Hall–Kier alpha value is -1.26. The van der Waals surface area contributed by atoms with E-state index in [1.165, 1.54) is 0 Å². The topological polar surface area (TPSA) is 39.7 Å². The van der Waals surface area contributed by atoms with E-state index >= 15 is 0 Å². The first kappa shape index (κ1) is 17.8. The van der Waals surface area contributed by atoms with Gasteiger partial charge in [-0.3, -0.25) is 0 Å². The van der Waals surface area contributed by atoms with Gasteiger partial charge in [-0.05, 0) is 44.5 Å². The van der Waals surface area contributed by atoms with Crippen molar-refractivity contribution in [3.8, 4) is 11.5 Å². The van der Waals surface area contributed by atoms with Gasteiger partial charge in [0.1, 0.15) is 0 Å². The summed E-state index contributed by atoms with van der Waals surface area (Å²) in [5.74, 6) is 1.59. The summed E-state index contributed by atoms with van der Waals surface area (Å²) in [6.07, 6.45) is 1.09. The van der Waals surface area contributed by atoms with Gasteiger partial charge in [-0.25, -0.2) is 0 Å². The Morgan fingerprint density at radius 1 is 1.00 bits per heavy atom. The Bertz CT molecular complexity index is 405. The van der Waals surface area contributed by atoms with Crippen molar-refractivity contribution in [2.24, 2.45) is 0 Å². The second-order valence-corrected chi connectivity index (χ2v) is 4.79. The quantitative estimate of drug-likeness (QED) is 0.716. The third-order valence-electron chi connectivity index (χ3n) is 3.43. The van der Waals surface area contributed by atoms with Crippen LogP contribution in [0.4, 0.5) is 0 Å². The second kappa shape index (κ2) is 9.64. The maximum atomic E-state index is 5.71. The molecule has 0 aliphatic heterocycles. The minimum atomic E-state index is 0.136. The van der Waals surface area contributed by atoms with Crippen molar-refractivity contribution in [1.29, 1.82) is 0 Å². The van der Waals surface area contributed by atoms with Crippen LogP contribution in [0.25, 0.3) is 0 Å². The molecule has 2 atom stereocenters. The zero-order chi connectivity index (χ0) is 15.7. The molecule has 4 nitrogen and oxygen atoms in total. The summed E-state index contributed by atoms with van der Waals surface area (Å²) in [6, 6.07) is 6.28. The second-order valence-electron chi connectivity index (χ2n) is 4.79. The largest absolute Gasteiger partial charge is 0.490 e. The predicted octanol–water partition coefficient (Wildman–Crippen LogP) is 3.56. The van der Waals surface area contributed by atoms with Gasteiger partial charge in [0.25, 0.3) is 0 Å². The average Bonchev–Trinajstić information content (AvgIpc) is 2.50. The van der Waals surface area contributed by atoms with Crippen LogP contribution >= 0.6 is 0 Å². The van der Waals surface area contributed by atoms with E-state index in [1.54, 1.807) is 7.11 Å². The number of ether oxygens (including phenoxy) is 3. The van der Waals surface area contributed by atoms with E-state index in [4.69, 9.17) is 14.2 Å². The van der Waals surface area contributed by atoms with E-state index < -0.39 is 0 Å². The van der Waals surface area contributed by atoms with E-state index in [9.17, 15) is 0 Å². The van der Waals surface area contributed by atoms with Crippen LogP contribution in [-0.2, 0) is 4.74 Å². The highest BCUT2D eigenvalue weighted by atomic mass is 16.5. The molecular formula is C17H29NO3. The fourth-order valence-electron chi connectivity index (χ4n) is 2.48. The molecule has 120 valence electrons. The van der Waals surface area contributed by atoms with E-state index in [-0.39, 0.29) is 12.1 Å². The summed E-state index contributed by atoms with van der Waals surface area (Å²) < 4.78 is 16.9. The summed E-state index contributed by atoms with van der Waals surface area (Å²) in [4.78, 5) is 0. The van der Waals surface area contributed by atoms with Gasteiger partial charge in [0.2, 0.25) is 0 Å². The fraction of sp³-hybridized carbons (Fsp3) is 0.647. The predicted molar refractivity (Wildman–Crippen MR) is 86.3 cm³/mol. The van der Waals surface area contributed by atoms with Crippen molar-refractivity contribution in [2.75, 3.05) is 26.9 Å². The van der Waals surface area contributed by atoms with Crippen molar-refractivity contribution >= 4 is 0 Å². The van der Waals surface area contributed by atoms with Crippen molar-refractivity contribution < 1.29 is 14.2 Å². The number of nitrogens with one attached hydrogen (secondary N) is 1. The number of benzene rings is 1. The lowest BCUT2D eigenvalue weighted by atomic mass is 9.99. The van der Waals surface area contributed by atoms with Gasteiger partial charge in [-0.15, -0.1) is 0 Å². The highest BCUT2D eigenvalue weighted by Crippen LogP contribution is 2.32. The molecule has 0 saturated heterocycles. The summed E-state index contributed by atoms with van der Waals surface area (Å²) >= 11 is 0. The van der Waals surface area contributed by atoms with Crippen LogP contribution in [0, 0.1) is 0 Å². The highest BCUT2D eigenvalue weighted by molar-refractivity contribution is 5.44. The van der Waals surface area contributed by atoms with Crippen molar-refractivity contribution in [3.05, 3.63) is 23.8 Å². The molecule has 0 amide bonds. The van der Waals surface area contributed by atoms with Gasteiger partial charge in [0, 0.05) is 7.11 Å². The zero-order valence-electron chi connectivity index (χ0n) is 13.9. The van der Waals surface area contributed by atoms with Crippen molar-refractivity contribution in [2.45, 2.75) is 46.3 Å². The molecule has 0 radical (unpaired) electrons. The monoisotopic (exact) mass is 295 g/mol. The van der Waals surface area contributed by atoms with Crippen LogP contribution in [0.5, 0.6) is 11.5 Å². The third-order valence-corrected chi connectivity index (χ3v) is 3.43. The minimum Gasteiger partial charge on any atom is -0.490 e. The molecule has 0 heterocycles. The summed E-state index contributed by atoms with van der Waals surface area (Å²) in [7, 11) is 1.76. The molecule has 1 aromatic carbocycles. The van der Waals surface area contributed by atoms with Crippen LogP contribution in [0.15, 0.2) is 18.2 Å². The lowest BCUT2D eigenvalue weighted by Crippen LogP contribution is -2.32. The molecule has 21 heavy (non-hydrogen) atoms. The number of likely N-dealkylation sites (N-methyl/N-ethyl adjacent to an activating group) is 1. The van der Waals surface area contributed by atoms with Gasteiger partial charge in [-0.2, -0.15) is 0 Å². The third kappa shape index (κ3) is 4.90. The van der Waals surface area contributed by atoms with Gasteiger partial charge < -0.3 is 19.5 Å². The van der Waals surface area contributed by atoms with E-state index in [0.29, 0.717) is 13.2 Å². The molecule has 0 aliphatic carbocycles. The van der Waals surface area contributed by atoms with Crippen LogP contribution in [0.1, 0.15) is 45.7 Å². The number of rotatable bonds is 10. The minimum absolute atomic E-state index is 0.136. The maximum Gasteiger partial charge on any atom is 0.161 e. The first-order valence-electron chi connectivity index (χ1n) is 7.87. The lowest BCUT2D eigenvalue weighted by Gasteiger charge is -2.27. The van der Waals surface area contributed by atoms with Gasteiger partial charge >= 0.3 is 0 Å². The Morgan fingerprint density at radius 2 is 1.67 bits per heavy atom. The first-order chi connectivity index (χ1) is 10.2. The smallest absolute Gasteiger partial charge is 0.161 e. The van der Waals surface area contributed by atoms with Crippen LogP contribution in [-0.4, -0.2) is 33.0 Å². The Balaban J connectivity index is 3.10. The van der Waals surface area contributed by atoms with Crippen molar-refractivity contribution in [1.82, 2.24) is 5.32 Å². The zero-order valence-corrected chi connectivity index (χ0v) is 13.9. The van der Waals surface area contributed by atoms with E-state index in [0.717, 1.165) is 30.0 Å². The van der Waals surface area contributed by atoms with Gasteiger partial charge in [0.15, 0.2) is 11.5 Å². The molecule has 2 unspecified atom stereocenters. The Kier molecular flexibility index (Phi) is 8.16. The lowest BCUT2D eigenvalue weighted by molar-refractivity contribution is 0.0655. The average molecular weight is 295 g/mol. The SMILES string of the molecule is CCNC(c1ccc(OCC)c(OCC)c1)C(CC)OC.